The van der Waals surface area contributed by atoms with E-state index in [0.29, 0.717) is 12.1 Å². The summed E-state index contributed by atoms with van der Waals surface area (Å²) in [5, 5.41) is 5.77. The van der Waals surface area contributed by atoms with Crippen molar-refractivity contribution in [3.8, 4) is 0 Å². The van der Waals surface area contributed by atoms with Crippen molar-refractivity contribution in [3.05, 3.63) is 21.9 Å². The Morgan fingerprint density at radius 2 is 2.50 bits per heavy atom. The van der Waals surface area contributed by atoms with Crippen molar-refractivity contribution < 1.29 is 4.74 Å². The van der Waals surface area contributed by atoms with Crippen LogP contribution >= 0.6 is 11.3 Å². The lowest BCUT2D eigenvalue weighted by atomic mass is 10.1. The van der Waals surface area contributed by atoms with Crippen LogP contribution in [0.25, 0.3) is 0 Å². The molecule has 1 aliphatic heterocycles. The summed E-state index contributed by atoms with van der Waals surface area (Å²) in [7, 11) is 0. The highest BCUT2D eigenvalue weighted by atomic mass is 32.1. The molecule has 0 aliphatic carbocycles. The highest BCUT2D eigenvalue weighted by molar-refractivity contribution is 7.10. The highest BCUT2D eigenvalue weighted by Crippen LogP contribution is 2.16. The molecule has 14 heavy (non-hydrogen) atoms. The summed E-state index contributed by atoms with van der Waals surface area (Å²) < 4.78 is 5.50. The maximum Gasteiger partial charge on any atom is 0.0700 e. The van der Waals surface area contributed by atoms with E-state index in [-0.39, 0.29) is 0 Å². The summed E-state index contributed by atoms with van der Waals surface area (Å²) in [6.45, 7) is 6.17. The zero-order valence-electron chi connectivity index (χ0n) is 8.75. The van der Waals surface area contributed by atoms with Crippen molar-refractivity contribution in [1.82, 2.24) is 5.32 Å². The smallest absolute Gasteiger partial charge is 0.0700 e. The van der Waals surface area contributed by atoms with E-state index in [2.05, 4.69) is 30.6 Å². The molecule has 3 heteroatoms. The van der Waals surface area contributed by atoms with Crippen molar-refractivity contribution >= 4 is 11.3 Å². The van der Waals surface area contributed by atoms with Gasteiger partial charge >= 0.3 is 0 Å². The molecular formula is C11H17NOS. The number of rotatable bonds is 3. The second-order valence-electron chi connectivity index (χ2n) is 3.92. The third-order valence-electron chi connectivity index (χ3n) is 2.73. The fourth-order valence-electron chi connectivity index (χ4n) is 1.84. The van der Waals surface area contributed by atoms with Crippen molar-refractivity contribution in [2.24, 2.45) is 0 Å². The number of aryl methyl sites for hydroxylation is 1. The number of nitrogens with one attached hydrogen (secondary N) is 1. The van der Waals surface area contributed by atoms with Crippen molar-refractivity contribution in [2.75, 3.05) is 6.61 Å². The van der Waals surface area contributed by atoms with Gasteiger partial charge in [-0.05, 0) is 37.3 Å². The summed E-state index contributed by atoms with van der Waals surface area (Å²) in [4.78, 5) is 1.39. The Hall–Kier alpha value is -0.380. The Labute approximate surface area is 89.3 Å². The number of thiophene rings is 1. The minimum absolute atomic E-state index is 0.370. The number of hydrogen-bond acceptors (Lipinski definition) is 3. The van der Waals surface area contributed by atoms with Crippen molar-refractivity contribution in [1.29, 1.82) is 0 Å². The lowest BCUT2D eigenvalue weighted by Gasteiger charge is -2.15. The number of ether oxygens (including phenoxy) is 1. The molecule has 1 N–H and O–H groups in total. The van der Waals surface area contributed by atoms with Gasteiger partial charge in [0, 0.05) is 24.1 Å². The van der Waals surface area contributed by atoms with E-state index < -0.39 is 0 Å². The lowest BCUT2D eigenvalue weighted by molar-refractivity contribution is 0.113. The van der Waals surface area contributed by atoms with Crippen LogP contribution in [0, 0.1) is 6.92 Å². The molecule has 2 rings (SSSR count). The van der Waals surface area contributed by atoms with Crippen molar-refractivity contribution in [3.63, 3.8) is 0 Å². The normalized spacial score (nSPS) is 27.0. The average Bonchev–Trinajstić information content (AvgIpc) is 2.72. The average molecular weight is 211 g/mol. The van der Waals surface area contributed by atoms with E-state index in [1.54, 1.807) is 0 Å². The maximum atomic E-state index is 5.50. The molecule has 0 spiro atoms. The summed E-state index contributed by atoms with van der Waals surface area (Å²) in [6.07, 6.45) is 1.51. The maximum absolute atomic E-state index is 5.50. The molecule has 0 aromatic carbocycles. The van der Waals surface area contributed by atoms with Gasteiger partial charge in [0.15, 0.2) is 0 Å². The van der Waals surface area contributed by atoms with E-state index in [0.717, 1.165) is 19.6 Å². The van der Waals surface area contributed by atoms with Crippen LogP contribution < -0.4 is 5.32 Å². The summed E-state index contributed by atoms with van der Waals surface area (Å²) in [5.74, 6) is 0. The molecule has 2 unspecified atom stereocenters. The third-order valence-corrected chi connectivity index (χ3v) is 3.64. The number of hydrogen-bond donors (Lipinski definition) is 1. The molecule has 1 saturated heterocycles. The summed E-state index contributed by atoms with van der Waals surface area (Å²) in [6, 6.07) is 2.79. The minimum atomic E-state index is 0.370. The van der Waals surface area contributed by atoms with Gasteiger partial charge in [0.1, 0.15) is 0 Å². The largest absolute Gasteiger partial charge is 0.377 e. The lowest BCUT2D eigenvalue weighted by Crippen LogP contribution is -2.33. The van der Waals surface area contributed by atoms with Crippen LogP contribution in [0.15, 0.2) is 11.4 Å². The second-order valence-corrected chi connectivity index (χ2v) is 5.03. The van der Waals surface area contributed by atoms with E-state index >= 15 is 0 Å². The molecule has 0 saturated carbocycles. The Morgan fingerprint density at radius 3 is 3.07 bits per heavy atom. The van der Waals surface area contributed by atoms with Gasteiger partial charge in [0.2, 0.25) is 0 Å². The predicted molar refractivity (Wildman–Crippen MR) is 59.7 cm³/mol. The molecular weight excluding hydrogens is 194 g/mol. The van der Waals surface area contributed by atoms with E-state index in [1.807, 2.05) is 11.3 Å². The summed E-state index contributed by atoms with van der Waals surface area (Å²) in [5.41, 5.74) is 1.40. The molecule has 1 aromatic heterocycles. The molecule has 2 nitrogen and oxygen atoms in total. The molecule has 78 valence electrons. The van der Waals surface area contributed by atoms with Crippen LogP contribution in [0.5, 0.6) is 0 Å². The standard InChI is InChI=1S/C11H17NOS/c1-8-5-10(7-14-8)6-12-11-3-4-13-9(11)2/h5,7,9,11-12H,3-4,6H2,1-2H3. The molecule has 1 aromatic rings. The van der Waals surface area contributed by atoms with Crippen molar-refractivity contribution in [2.45, 2.75) is 39.0 Å². The van der Waals surface area contributed by atoms with Crippen LogP contribution in [0.2, 0.25) is 0 Å². The van der Waals surface area contributed by atoms with Gasteiger partial charge in [0.25, 0.3) is 0 Å². The molecule has 1 fully saturated rings. The van der Waals surface area contributed by atoms with Gasteiger partial charge in [-0.2, -0.15) is 0 Å². The molecule has 1 aliphatic rings. The van der Waals surface area contributed by atoms with E-state index in [1.165, 1.54) is 10.4 Å². The Morgan fingerprint density at radius 1 is 1.64 bits per heavy atom. The minimum Gasteiger partial charge on any atom is -0.377 e. The Balaban J connectivity index is 1.82. The fourth-order valence-corrected chi connectivity index (χ4v) is 2.55. The van der Waals surface area contributed by atoms with Crippen LogP contribution in [-0.2, 0) is 11.3 Å². The Bertz CT molecular complexity index is 297. The quantitative estimate of drug-likeness (QED) is 0.828. The van der Waals surface area contributed by atoms with E-state index in [9.17, 15) is 0 Å². The third kappa shape index (κ3) is 2.35. The first-order valence-corrected chi connectivity index (χ1v) is 6.02. The topological polar surface area (TPSA) is 21.3 Å². The Kier molecular flexibility index (Phi) is 3.21. The zero-order valence-corrected chi connectivity index (χ0v) is 9.56. The van der Waals surface area contributed by atoms with Crippen LogP contribution in [0.3, 0.4) is 0 Å². The first-order chi connectivity index (χ1) is 6.75. The predicted octanol–water partition coefficient (Wildman–Crippen LogP) is 2.32. The zero-order chi connectivity index (χ0) is 9.97. The fraction of sp³-hybridized carbons (Fsp3) is 0.636. The first-order valence-electron chi connectivity index (χ1n) is 5.14. The van der Waals surface area contributed by atoms with Gasteiger partial charge < -0.3 is 10.1 Å². The molecule has 2 heterocycles. The van der Waals surface area contributed by atoms with Crippen LogP contribution in [-0.4, -0.2) is 18.8 Å². The van der Waals surface area contributed by atoms with Gasteiger partial charge in [-0.25, -0.2) is 0 Å². The second kappa shape index (κ2) is 4.43. The molecule has 0 amide bonds. The first kappa shape index (κ1) is 10.1. The summed E-state index contributed by atoms with van der Waals surface area (Å²) >= 11 is 1.82. The van der Waals surface area contributed by atoms with E-state index in [4.69, 9.17) is 4.74 Å². The molecule has 0 radical (unpaired) electrons. The highest BCUT2D eigenvalue weighted by Gasteiger charge is 2.23. The van der Waals surface area contributed by atoms with Gasteiger partial charge in [-0.15, -0.1) is 11.3 Å². The SMILES string of the molecule is Cc1cc(CNC2CCOC2C)cs1. The van der Waals surface area contributed by atoms with Gasteiger partial charge in [0.05, 0.1) is 6.10 Å². The molecule has 2 atom stereocenters. The van der Waals surface area contributed by atoms with Crippen LogP contribution in [0.1, 0.15) is 23.8 Å². The van der Waals surface area contributed by atoms with Gasteiger partial charge in [-0.3, -0.25) is 0 Å². The van der Waals surface area contributed by atoms with Crippen LogP contribution in [0.4, 0.5) is 0 Å². The monoisotopic (exact) mass is 211 g/mol. The molecule has 0 bridgehead atoms. The van der Waals surface area contributed by atoms with Gasteiger partial charge in [-0.1, -0.05) is 0 Å².